The fourth-order valence-corrected chi connectivity index (χ4v) is 5.58. The Morgan fingerprint density at radius 1 is 1.17 bits per heavy atom. The summed E-state index contributed by atoms with van der Waals surface area (Å²) in [7, 11) is 1.37. The van der Waals surface area contributed by atoms with E-state index in [1.54, 1.807) is 0 Å². The van der Waals surface area contributed by atoms with Gasteiger partial charge in [0.05, 0.1) is 19.2 Å². The molecule has 0 radical (unpaired) electrons. The number of piperazine rings is 1. The number of esters is 1. The normalized spacial score (nSPS) is 21.8. The van der Waals surface area contributed by atoms with Crippen LogP contribution >= 0.6 is 11.3 Å². The Labute approximate surface area is 174 Å². The molecule has 0 spiro atoms. The van der Waals surface area contributed by atoms with Gasteiger partial charge in [-0.25, -0.2) is 4.79 Å². The minimum Gasteiger partial charge on any atom is -0.465 e. The van der Waals surface area contributed by atoms with Crippen molar-refractivity contribution in [3.63, 3.8) is 0 Å². The third-order valence-electron chi connectivity index (χ3n) is 5.82. The second-order valence-corrected chi connectivity index (χ2v) is 8.81. The van der Waals surface area contributed by atoms with E-state index in [9.17, 15) is 14.4 Å². The van der Waals surface area contributed by atoms with Crippen molar-refractivity contribution >= 4 is 34.1 Å². The number of hydrogen-bond donors (Lipinski definition) is 1. The van der Waals surface area contributed by atoms with Crippen LogP contribution in [-0.2, 0) is 31.9 Å². The number of thiophene rings is 1. The number of fused-ring (bicyclic) bond motifs is 1. The lowest BCUT2D eigenvalue weighted by Crippen LogP contribution is -2.52. The molecule has 1 aliphatic carbocycles. The molecule has 9 heteroatoms. The lowest BCUT2D eigenvalue weighted by atomic mass is 10.1. The average Bonchev–Trinajstić information content (AvgIpc) is 3.45. The Balaban J connectivity index is 1.31. The Kier molecular flexibility index (Phi) is 6.17. The smallest absolute Gasteiger partial charge is 0.341 e. The van der Waals surface area contributed by atoms with Crippen molar-refractivity contribution in [1.82, 2.24) is 9.80 Å². The molecule has 1 atom stereocenters. The molecule has 158 valence electrons. The van der Waals surface area contributed by atoms with Crippen LogP contribution in [0.25, 0.3) is 0 Å². The van der Waals surface area contributed by atoms with Crippen molar-refractivity contribution in [2.75, 3.05) is 51.8 Å². The second kappa shape index (κ2) is 8.81. The maximum absolute atomic E-state index is 12.6. The quantitative estimate of drug-likeness (QED) is 0.721. The standard InChI is InChI=1S/C20H27N3O5S/c1-27-20(26)17-13-4-2-6-15(13)29-18(17)21-16(24)12-22-7-9-23(10-8-22)19(25)14-5-3-11-28-14/h14H,2-12H2,1H3,(H,21,24)/t14-/m1/s1. The molecular formula is C20H27N3O5S. The van der Waals surface area contributed by atoms with E-state index in [0.29, 0.717) is 43.4 Å². The first-order chi connectivity index (χ1) is 14.1. The van der Waals surface area contributed by atoms with Crippen molar-refractivity contribution in [3.05, 3.63) is 16.0 Å². The van der Waals surface area contributed by atoms with E-state index in [0.717, 1.165) is 37.7 Å². The highest BCUT2D eigenvalue weighted by Crippen LogP contribution is 2.39. The van der Waals surface area contributed by atoms with E-state index in [1.165, 1.54) is 23.3 Å². The van der Waals surface area contributed by atoms with Crippen LogP contribution in [-0.4, -0.2) is 80.1 Å². The summed E-state index contributed by atoms with van der Waals surface area (Å²) < 4.78 is 10.4. The largest absolute Gasteiger partial charge is 0.465 e. The van der Waals surface area contributed by atoms with Crippen molar-refractivity contribution in [2.24, 2.45) is 0 Å². The Morgan fingerprint density at radius 3 is 2.66 bits per heavy atom. The Morgan fingerprint density at radius 2 is 1.97 bits per heavy atom. The van der Waals surface area contributed by atoms with Crippen LogP contribution in [0.5, 0.6) is 0 Å². The molecule has 2 amide bonds. The predicted octanol–water partition coefficient (Wildman–Crippen LogP) is 1.29. The summed E-state index contributed by atoms with van der Waals surface area (Å²) >= 11 is 1.48. The van der Waals surface area contributed by atoms with Gasteiger partial charge in [0.1, 0.15) is 11.1 Å². The minimum atomic E-state index is -0.388. The number of anilines is 1. The van der Waals surface area contributed by atoms with E-state index < -0.39 is 0 Å². The summed E-state index contributed by atoms with van der Waals surface area (Å²) in [5.41, 5.74) is 1.55. The summed E-state index contributed by atoms with van der Waals surface area (Å²) in [6, 6.07) is 0. The van der Waals surface area contributed by atoms with Crippen LogP contribution in [0, 0.1) is 0 Å². The summed E-state index contributed by atoms with van der Waals surface area (Å²) in [4.78, 5) is 42.3. The number of ether oxygens (including phenoxy) is 2. The first-order valence-corrected chi connectivity index (χ1v) is 11.0. The van der Waals surface area contributed by atoms with Gasteiger partial charge in [0.25, 0.3) is 5.91 Å². The van der Waals surface area contributed by atoms with Gasteiger partial charge >= 0.3 is 5.97 Å². The number of amides is 2. The van der Waals surface area contributed by atoms with Crippen LogP contribution in [0.3, 0.4) is 0 Å². The lowest BCUT2D eigenvalue weighted by molar-refractivity contribution is -0.142. The third kappa shape index (κ3) is 4.31. The molecule has 1 aromatic heterocycles. The molecule has 0 bridgehead atoms. The van der Waals surface area contributed by atoms with Crippen LogP contribution in [0.4, 0.5) is 5.00 Å². The van der Waals surface area contributed by atoms with Crippen LogP contribution < -0.4 is 5.32 Å². The first kappa shape index (κ1) is 20.3. The summed E-state index contributed by atoms with van der Waals surface area (Å²) in [5.74, 6) is -0.461. The van der Waals surface area contributed by atoms with Crippen molar-refractivity contribution < 1.29 is 23.9 Å². The SMILES string of the molecule is COC(=O)c1c(NC(=O)CN2CCN(C(=O)[C@H]3CCCO3)CC2)sc2c1CCC2. The number of aryl methyl sites for hydroxylation is 1. The van der Waals surface area contributed by atoms with Crippen molar-refractivity contribution in [3.8, 4) is 0 Å². The summed E-state index contributed by atoms with van der Waals surface area (Å²) in [5, 5.41) is 3.51. The van der Waals surface area contributed by atoms with Gasteiger partial charge in [0.2, 0.25) is 5.91 Å². The number of carbonyl (C=O) groups is 3. The van der Waals surface area contributed by atoms with Gasteiger partial charge in [-0.15, -0.1) is 11.3 Å². The molecule has 29 heavy (non-hydrogen) atoms. The lowest BCUT2D eigenvalue weighted by Gasteiger charge is -2.35. The minimum absolute atomic E-state index is 0.0717. The molecule has 1 aromatic rings. The molecule has 0 unspecified atom stereocenters. The highest BCUT2D eigenvalue weighted by Gasteiger charge is 2.31. The highest BCUT2D eigenvalue weighted by molar-refractivity contribution is 7.17. The Bertz CT molecular complexity index is 794. The number of hydrogen-bond acceptors (Lipinski definition) is 7. The average molecular weight is 422 g/mol. The fraction of sp³-hybridized carbons (Fsp3) is 0.650. The fourth-order valence-electron chi connectivity index (χ4n) is 4.28. The number of rotatable bonds is 5. The highest BCUT2D eigenvalue weighted by atomic mass is 32.1. The predicted molar refractivity (Wildman–Crippen MR) is 108 cm³/mol. The summed E-state index contributed by atoms with van der Waals surface area (Å²) in [6.07, 6.45) is 4.29. The van der Waals surface area contributed by atoms with Gasteiger partial charge < -0.3 is 19.7 Å². The molecule has 1 N–H and O–H groups in total. The number of nitrogens with one attached hydrogen (secondary N) is 1. The van der Waals surface area contributed by atoms with Crippen LogP contribution in [0.15, 0.2) is 0 Å². The molecule has 2 aliphatic heterocycles. The van der Waals surface area contributed by atoms with E-state index in [1.807, 2.05) is 9.80 Å². The van der Waals surface area contributed by atoms with Gasteiger partial charge in [-0.3, -0.25) is 14.5 Å². The third-order valence-corrected chi connectivity index (χ3v) is 7.03. The molecule has 2 fully saturated rings. The molecule has 3 heterocycles. The van der Waals surface area contributed by atoms with Crippen LogP contribution in [0.2, 0.25) is 0 Å². The molecule has 4 rings (SSSR count). The van der Waals surface area contributed by atoms with E-state index >= 15 is 0 Å². The molecule has 3 aliphatic rings. The molecule has 0 saturated carbocycles. The molecule has 0 aromatic carbocycles. The maximum Gasteiger partial charge on any atom is 0.341 e. The monoisotopic (exact) mass is 421 g/mol. The molecular weight excluding hydrogens is 394 g/mol. The van der Waals surface area contributed by atoms with Gasteiger partial charge in [0.15, 0.2) is 0 Å². The van der Waals surface area contributed by atoms with Crippen molar-refractivity contribution in [1.29, 1.82) is 0 Å². The number of nitrogens with zero attached hydrogens (tertiary/aromatic N) is 2. The summed E-state index contributed by atoms with van der Waals surface area (Å²) in [6.45, 7) is 3.41. The Hall–Kier alpha value is -1.97. The zero-order valence-electron chi connectivity index (χ0n) is 16.7. The second-order valence-electron chi connectivity index (χ2n) is 7.70. The molecule has 2 saturated heterocycles. The maximum atomic E-state index is 12.6. The van der Waals surface area contributed by atoms with E-state index in [2.05, 4.69) is 5.32 Å². The van der Waals surface area contributed by atoms with Crippen molar-refractivity contribution in [2.45, 2.75) is 38.2 Å². The van der Waals surface area contributed by atoms with Gasteiger partial charge in [-0.2, -0.15) is 0 Å². The number of carbonyl (C=O) groups excluding carboxylic acids is 3. The van der Waals surface area contributed by atoms with Crippen LogP contribution in [0.1, 0.15) is 40.1 Å². The van der Waals surface area contributed by atoms with E-state index in [-0.39, 0.29) is 30.4 Å². The molecule has 8 nitrogen and oxygen atoms in total. The number of methoxy groups -OCH3 is 1. The van der Waals surface area contributed by atoms with Gasteiger partial charge in [-0.1, -0.05) is 0 Å². The first-order valence-electron chi connectivity index (χ1n) is 10.2. The van der Waals surface area contributed by atoms with Gasteiger partial charge in [0, 0.05) is 37.7 Å². The zero-order valence-corrected chi connectivity index (χ0v) is 17.5. The van der Waals surface area contributed by atoms with E-state index in [4.69, 9.17) is 9.47 Å². The van der Waals surface area contributed by atoms with Gasteiger partial charge in [-0.05, 0) is 37.7 Å². The topological polar surface area (TPSA) is 88.2 Å². The zero-order chi connectivity index (χ0) is 20.4.